The molecule has 0 aliphatic carbocycles. The topological polar surface area (TPSA) is 54.0 Å². The summed E-state index contributed by atoms with van der Waals surface area (Å²) in [6.07, 6.45) is 0. The zero-order valence-electron chi connectivity index (χ0n) is 26.5. The molecule has 0 saturated heterocycles. The number of nitrogens with zero attached hydrogens (tertiary/aromatic N) is 4. The summed E-state index contributed by atoms with van der Waals surface area (Å²) >= 11 is 0. The third-order valence-corrected chi connectivity index (χ3v) is 5.50. The number of aromatic nitrogens is 4. The molecule has 2 heterocycles. The van der Waals surface area contributed by atoms with Crippen molar-refractivity contribution in [1.82, 2.24) is 19.9 Å². The molecule has 196 valence electrons. The maximum Gasteiger partial charge on any atom is 2.00 e. The second-order valence-corrected chi connectivity index (χ2v) is 16.0. The van der Waals surface area contributed by atoms with Crippen LogP contribution in [-0.4, -0.2) is 47.7 Å². The maximum absolute atomic E-state index is 4.81. The van der Waals surface area contributed by atoms with E-state index in [1.165, 1.54) is 0 Å². The molecule has 0 fully saturated rings. The zero-order valence-corrected chi connectivity index (χ0v) is 28.7. The van der Waals surface area contributed by atoms with Gasteiger partial charge >= 0.3 is 37.7 Å². The molecule has 0 amide bonds. The zero-order chi connectivity index (χ0) is 27.3. The molecule has 0 aliphatic heterocycles. The molecule has 0 saturated carbocycles. The van der Waals surface area contributed by atoms with Crippen molar-refractivity contribution in [2.24, 2.45) is 0 Å². The largest absolute Gasteiger partial charge is 2.00 e. The van der Waals surface area contributed by atoms with Gasteiger partial charge in [0.05, 0.1) is 0 Å². The second kappa shape index (κ2) is 10.8. The fourth-order valence-electron chi connectivity index (χ4n) is 3.45. The Morgan fingerprint density at radius 3 is 0.714 bits per heavy atom. The van der Waals surface area contributed by atoms with E-state index < -0.39 is 0 Å². The standard InChI is InChI=1S/2C15H27N2.Ca/c2*1-13(2,3)10-11(14(4,5)6)17-12(16-10)15(7,8)9;/h2*1-9H3;/q2*-1;+2. The third kappa shape index (κ3) is 9.49. The van der Waals surface area contributed by atoms with Gasteiger partial charge in [-0.15, -0.1) is 0 Å². The van der Waals surface area contributed by atoms with Gasteiger partial charge in [0.2, 0.25) is 0 Å². The van der Waals surface area contributed by atoms with Gasteiger partial charge in [0, 0.05) is 0 Å². The fourth-order valence-corrected chi connectivity index (χ4v) is 3.45. The Kier molecular flexibility index (Phi) is 10.7. The van der Waals surface area contributed by atoms with Crippen molar-refractivity contribution in [2.45, 2.75) is 157 Å². The number of hydrogen-bond acceptors (Lipinski definition) is 2. The van der Waals surface area contributed by atoms with Crippen LogP contribution in [0.3, 0.4) is 0 Å². The van der Waals surface area contributed by atoms with Crippen molar-refractivity contribution in [3.63, 3.8) is 0 Å². The number of imidazole rings is 2. The first-order valence-electron chi connectivity index (χ1n) is 12.8. The minimum absolute atomic E-state index is 0. The first-order chi connectivity index (χ1) is 14.7. The van der Waals surface area contributed by atoms with Crippen LogP contribution in [0.5, 0.6) is 0 Å². The van der Waals surface area contributed by atoms with Crippen LogP contribution in [0.2, 0.25) is 0 Å². The smallest absolute Gasteiger partial charge is 0.442 e. The molecule has 35 heavy (non-hydrogen) atoms. The Balaban J connectivity index is 0.000000642. The van der Waals surface area contributed by atoms with Gasteiger partial charge in [0.25, 0.3) is 0 Å². The van der Waals surface area contributed by atoms with E-state index in [-0.39, 0.29) is 70.2 Å². The summed E-state index contributed by atoms with van der Waals surface area (Å²) in [5, 5.41) is 0. The summed E-state index contributed by atoms with van der Waals surface area (Å²) in [7, 11) is 0. The summed E-state index contributed by atoms with van der Waals surface area (Å²) in [5.41, 5.74) is 4.85. The summed E-state index contributed by atoms with van der Waals surface area (Å²) in [6, 6.07) is 0. The molecule has 0 aliphatic rings. The number of hydrogen-bond donors (Lipinski definition) is 0. The van der Waals surface area contributed by atoms with E-state index in [0.717, 1.165) is 34.4 Å². The van der Waals surface area contributed by atoms with Crippen molar-refractivity contribution in [3.8, 4) is 0 Å². The predicted molar refractivity (Wildman–Crippen MR) is 153 cm³/mol. The third-order valence-electron chi connectivity index (χ3n) is 5.50. The summed E-state index contributed by atoms with van der Waals surface area (Å²) < 4.78 is 0. The second-order valence-electron chi connectivity index (χ2n) is 16.0. The minimum Gasteiger partial charge on any atom is -0.442 e. The molecule has 0 spiro atoms. The molecule has 4 nitrogen and oxygen atoms in total. The molecule has 0 aromatic carbocycles. The van der Waals surface area contributed by atoms with Gasteiger partial charge in [-0.05, 0) is 32.5 Å². The van der Waals surface area contributed by atoms with Crippen LogP contribution in [0.25, 0.3) is 0 Å². The van der Waals surface area contributed by atoms with Crippen LogP contribution in [-0.2, 0) is 32.5 Å². The van der Waals surface area contributed by atoms with E-state index in [9.17, 15) is 0 Å². The quantitative estimate of drug-likeness (QED) is 0.345. The van der Waals surface area contributed by atoms with E-state index in [1.54, 1.807) is 0 Å². The molecular formula is C30H54CaN4. The van der Waals surface area contributed by atoms with Gasteiger partial charge < -0.3 is 19.9 Å². The van der Waals surface area contributed by atoms with Crippen LogP contribution in [0.15, 0.2) is 0 Å². The molecule has 5 heteroatoms. The summed E-state index contributed by atoms with van der Waals surface area (Å²) in [6.45, 7) is 39.5. The van der Waals surface area contributed by atoms with Crippen LogP contribution in [0, 0.1) is 0 Å². The van der Waals surface area contributed by atoms with Gasteiger partial charge in [-0.25, -0.2) is 0 Å². The van der Waals surface area contributed by atoms with Crippen LogP contribution < -0.4 is 9.97 Å². The SMILES string of the molecule is CC(C)(C)c1nc(C(C)(C)C)c(C(C)(C)C)[n-]1.CC(C)(C)c1nc(C(C)(C)C)c(C(C)(C)C)[n-]1.[Ca+2]. The molecule has 0 N–H and O–H groups in total. The molecular weight excluding hydrogens is 456 g/mol. The molecule has 2 rings (SSSR count). The Hall–Kier alpha value is -0.320. The minimum atomic E-state index is 0. The normalized spacial score (nSPS) is 13.8. The van der Waals surface area contributed by atoms with Crippen molar-refractivity contribution < 1.29 is 0 Å². The Morgan fingerprint density at radius 2 is 0.600 bits per heavy atom. The molecule has 0 radical (unpaired) electrons. The van der Waals surface area contributed by atoms with E-state index in [2.05, 4.69) is 125 Å². The molecule has 0 unspecified atom stereocenters. The van der Waals surface area contributed by atoms with Crippen LogP contribution in [0.1, 0.15) is 159 Å². The Morgan fingerprint density at radius 1 is 0.371 bits per heavy atom. The Bertz CT molecular complexity index is 808. The van der Waals surface area contributed by atoms with Crippen molar-refractivity contribution in [3.05, 3.63) is 34.4 Å². The van der Waals surface area contributed by atoms with E-state index in [4.69, 9.17) is 19.9 Å². The molecule has 0 bridgehead atoms. The van der Waals surface area contributed by atoms with Crippen molar-refractivity contribution in [2.75, 3.05) is 0 Å². The van der Waals surface area contributed by atoms with Crippen molar-refractivity contribution >= 4 is 37.7 Å². The van der Waals surface area contributed by atoms with Gasteiger partial charge in [-0.1, -0.05) is 159 Å². The molecule has 2 aromatic rings. The maximum atomic E-state index is 4.81. The van der Waals surface area contributed by atoms with Crippen LogP contribution in [0.4, 0.5) is 0 Å². The van der Waals surface area contributed by atoms with Gasteiger partial charge in [0.1, 0.15) is 0 Å². The van der Waals surface area contributed by atoms with Crippen LogP contribution >= 0.6 is 0 Å². The van der Waals surface area contributed by atoms with E-state index in [1.807, 2.05) is 0 Å². The Labute approximate surface area is 247 Å². The van der Waals surface area contributed by atoms with Gasteiger partial charge in [0.15, 0.2) is 0 Å². The first-order valence-corrected chi connectivity index (χ1v) is 12.8. The average molecular weight is 511 g/mol. The average Bonchev–Trinajstić information content (AvgIpc) is 3.18. The first kappa shape index (κ1) is 34.7. The fraction of sp³-hybridized carbons (Fsp3) is 0.800. The summed E-state index contributed by atoms with van der Waals surface area (Å²) in [4.78, 5) is 19.2. The number of rotatable bonds is 0. The monoisotopic (exact) mass is 510 g/mol. The molecule has 2 aromatic heterocycles. The van der Waals surface area contributed by atoms with E-state index in [0.29, 0.717) is 0 Å². The predicted octanol–water partition coefficient (Wildman–Crippen LogP) is 7.48. The van der Waals surface area contributed by atoms with Gasteiger partial charge in [-0.2, -0.15) is 0 Å². The van der Waals surface area contributed by atoms with Gasteiger partial charge in [-0.3, -0.25) is 0 Å². The van der Waals surface area contributed by atoms with Crippen molar-refractivity contribution in [1.29, 1.82) is 0 Å². The van der Waals surface area contributed by atoms with E-state index >= 15 is 0 Å². The molecule has 0 atom stereocenters. The summed E-state index contributed by atoms with van der Waals surface area (Å²) in [5.74, 6) is 1.93.